The lowest BCUT2D eigenvalue weighted by Crippen LogP contribution is -2.37. The summed E-state index contributed by atoms with van der Waals surface area (Å²) in [6.45, 7) is 0.523. The fraction of sp³-hybridized carbons (Fsp3) is 0.150. The van der Waals surface area contributed by atoms with Gasteiger partial charge in [0.25, 0.3) is 5.91 Å². The number of benzene rings is 2. The maximum Gasteiger partial charge on any atom is 0.259 e. The van der Waals surface area contributed by atoms with Gasteiger partial charge in [-0.2, -0.15) is 0 Å². The first kappa shape index (κ1) is 16.1. The number of nitrogens with one attached hydrogen (secondary N) is 1. The van der Waals surface area contributed by atoms with E-state index in [2.05, 4.69) is 4.98 Å². The molecule has 3 aromatic rings. The minimum absolute atomic E-state index is 0.255. The van der Waals surface area contributed by atoms with E-state index in [4.69, 9.17) is 5.73 Å². The van der Waals surface area contributed by atoms with Gasteiger partial charge in [-0.05, 0) is 36.6 Å². The van der Waals surface area contributed by atoms with Crippen molar-refractivity contribution in [3.05, 3.63) is 75.6 Å². The molecule has 0 radical (unpaired) electrons. The smallest absolute Gasteiger partial charge is 0.259 e. The summed E-state index contributed by atoms with van der Waals surface area (Å²) in [5.74, 6) is -0.757. The third-order valence-electron chi connectivity index (χ3n) is 4.74. The second-order valence-electron chi connectivity index (χ2n) is 6.32. The number of nitrogens with zero attached hydrogens (tertiary/aromatic N) is 1. The second-order valence-corrected chi connectivity index (χ2v) is 6.32. The molecule has 1 aliphatic rings. The first-order valence-electron chi connectivity index (χ1n) is 8.42. The number of rotatable bonds is 2. The van der Waals surface area contributed by atoms with Crippen LogP contribution in [0.2, 0.25) is 0 Å². The zero-order valence-electron chi connectivity index (χ0n) is 14.0. The molecule has 0 saturated carbocycles. The highest BCUT2D eigenvalue weighted by Gasteiger charge is 2.27. The summed E-state index contributed by atoms with van der Waals surface area (Å²) in [5.41, 5.74) is 8.03. The Kier molecular flexibility index (Phi) is 3.80. The number of aromatic nitrogens is 1. The van der Waals surface area contributed by atoms with Crippen molar-refractivity contribution < 1.29 is 9.59 Å². The largest absolute Gasteiger partial charge is 0.366 e. The predicted molar refractivity (Wildman–Crippen MR) is 99.5 cm³/mol. The Hall–Kier alpha value is -3.41. The minimum atomic E-state index is -0.502. The molecule has 0 atom stereocenters. The number of primary amides is 1. The van der Waals surface area contributed by atoms with Crippen LogP contribution < -0.4 is 16.2 Å². The molecular formula is C20H17N3O3. The van der Waals surface area contributed by atoms with E-state index in [0.717, 1.165) is 12.0 Å². The number of para-hydroxylation sites is 1. The lowest BCUT2D eigenvalue weighted by molar-refractivity contribution is 0.0978. The molecule has 2 heterocycles. The number of aromatic amines is 1. The van der Waals surface area contributed by atoms with Gasteiger partial charge >= 0.3 is 0 Å². The molecule has 6 heteroatoms. The number of fused-ring (bicyclic) bond motifs is 2. The van der Waals surface area contributed by atoms with Gasteiger partial charge in [0.2, 0.25) is 11.5 Å². The van der Waals surface area contributed by atoms with E-state index < -0.39 is 5.91 Å². The molecule has 26 heavy (non-hydrogen) atoms. The van der Waals surface area contributed by atoms with Gasteiger partial charge in [-0.25, -0.2) is 0 Å². The van der Waals surface area contributed by atoms with Crippen molar-refractivity contribution in [3.63, 3.8) is 0 Å². The molecule has 0 aliphatic carbocycles. The quantitative estimate of drug-likeness (QED) is 0.744. The number of H-pyrrole nitrogens is 1. The maximum absolute atomic E-state index is 13.3. The Balaban J connectivity index is 1.87. The molecule has 6 nitrogen and oxygen atoms in total. The Morgan fingerprint density at radius 1 is 1.04 bits per heavy atom. The van der Waals surface area contributed by atoms with E-state index >= 15 is 0 Å². The number of anilines is 1. The van der Waals surface area contributed by atoms with E-state index in [1.54, 1.807) is 23.1 Å². The highest BCUT2D eigenvalue weighted by atomic mass is 16.2. The van der Waals surface area contributed by atoms with E-state index in [9.17, 15) is 14.4 Å². The molecule has 2 amide bonds. The zero-order valence-corrected chi connectivity index (χ0v) is 14.0. The minimum Gasteiger partial charge on any atom is -0.366 e. The highest BCUT2D eigenvalue weighted by molar-refractivity contribution is 6.14. The van der Waals surface area contributed by atoms with Crippen LogP contribution >= 0.6 is 0 Å². The summed E-state index contributed by atoms with van der Waals surface area (Å²) >= 11 is 0. The summed E-state index contributed by atoms with van der Waals surface area (Å²) in [6, 6.07) is 13.8. The standard InChI is InChI=1S/C20H17N3O3/c21-19(25)14-6-3-9-17-13(14)7-4-10-23(17)20(26)15-11-18(24)22-16-8-2-1-5-12(15)16/h1-3,5-6,8-9,11H,4,7,10H2,(H2,21,25)(H,22,24). The van der Waals surface area contributed by atoms with Crippen LogP contribution in [0.1, 0.15) is 32.7 Å². The lowest BCUT2D eigenvalue weighted by atomic mass is 9.95. The fourth-order valence-electron chi connectivity index (χ4n) is 3.59. The van der Waals surface area contributed by atoms with E-state index in [1.165, 1.54) is 6.07 Å². The molecule has 4 rings (SSSR count). The number of carbonyl (C=O) groups is 2. The molecule has 2 aromatic carbocycles. The Labute approximate surface area is 149 Å². The van der Waals surface area contributed by atoms with Crippen LogP contribution in [0.3, 0.4) is 0 Å². The topological polar surface area (TPSA) is 96.3 Å². The van der Waals surface area contributed by atoms with E-state index in [1.807, 2.05) is 24.3 Å². The van der Waals surface area contributed by atoms with Crippen molar-refractivity contribution in [1.29, 1.82) is 0 Å². The van der Waals surface area contributed by atoms with Crippen LogP contribution in [-0.2, 0) is 6.42 Å². The average molecular weight is 347 g/mol. The summed E-state index contributed by atoms with van der Waals surface area (Å²) < 4.78 is 0. The van der Waals surface area contributed by atoms with Crippen LogP contribution in [0.5, 0.6) is 0 Å². The Morgan fingerprint density at radius 2 is 1.85 bits per heavy atom. The predicted octanol–water partition coefficient (Wildman–Crippen LogP) is 2.22. The first-order valence-corrected chi connectivity index (χ1v) is 8.42. The molecule has 0 saturated heterocycles. The molecule has 0 fully saturated rings. The zero-order chi connectivity index (χ0) is 18.3. The van der Waals surface area contributed by atoms with Gasteiger partial charge in [-0.3, -0.25) is 14.4 Å². The van der Waals surface area contributed by atoms with Gasteiger partial charge in [0, 0.05) is 34.8 Å². The van der Waals surface area contributed by atoms with Crippen LogP contribution in [-0.4, -0.2) is 23.3 Å². The maximum atomic E-state index is 13.3. The number of carbonyl (C=O) groups excluding carboxylic acids is 2. The first-order chi connectivity index (χ1) is 12.6. The third kappa shape index (κ3) is 2.56. The van der Waals surface area contributed by atoms with Gasteiger partial charge in [0.05, 0.1) is 5.56 Å². The van der Waals surface area contributed by atoms with Gasteiger partial charge in [0.1, 0.15) is 0 Å². The molecular weight excluding hydrogens is 330 g/mol. The number of hydrogen-bond donors (Lipinski definition) is 2. The molecule has 1 aromatic heterocycles. The lowest BCUT2D eigenvalue weighted by Gasteiger charge is -2.30. The van der Waals surface area contributed by atoms with Crippen LogP contribution in [0.25, 0.3) is 10.9 Å². The SMILES string of the molecule is NC(=O)c1cccc2c1CCCN2C(=O)c1cc(=O)[nH]c2ccccc12. The number of amides is 2. The van der Waals surface area contributed by atoms with E-state index in [-0.39, 0.29) is 11.5 Å². The summed E-state index contributed by atoms with van der Waals surface area (Å²) in [7, 11) is 0. The van der Waals surface area contributed by atoms with Crippen LogP contribution in [0.4, 0.5) is 5.69 Å². The number of pyridine rings is 1. The van der Waals surface area contributed by atoms with Crippen molar-refractivity contribution in [1.82, 2.24) is 4.98 Å². The second kappa shape index (κ2) is 6.15. The molecule has 0 spiro atoms. The Morgan fingerprint density at radius 3 is 2.65 bits per heavy atom. The van der Waals surface area contributed by atoms with Gasteiger partial charge < -0.3 is 15.6 Å². The monoisotopic (exact) mass is 347 g/mol. The average Bonchev–Trinajstić information content (AvgIpc) is 2.65. The van der Waals surface area contributed by atoms with Crippen molar-refractivity contribution in [2.24, 2.45) is 5.73 Å². The van der Waals surface area contributed by atoms with Gasteiger partial charge in [-0.1, -0.05) is 24.3 Å². The van der Waals surface area contributed by atoms with Crippen LogP contribution in [0.15, 0.2) is 53.3 Å². The third-order valence-corrected chi connectivity index (χ3v) is 4.74. The highest BCUT2D eigenvalue weighted by Crippen LogP contribution is 2.31. The Bertz CT molecular complexity index is 1100. The van der Waals surface area contributed by atoms with E-state index in [0.29, 0.717) is 40.7 Å². The molecule has 3 N–H and O–H groups in total. The fourth-order valence-corrected chi connectivity index (χ4v) is 3.59. The van der Waals surface area contributed by atoms with Crippen molar-refractivity contribution in [3.8, 4) is 0 Å². The molecule has 1 aliphatic heterocycles. The molecule has 0 unspecified atom stereocenters. The summed E-state index contributed by atoms with van der Waals surface area (Å²) in [4.78, 5) is 41.3. The number of hydrogen-bond acceptors (Lipinski definition) is 3. The van der Waals surface area contributed by atoms with Crippen molar-refractivity contribution in [2.45, 2.75) is 12.8 Å². The summed E-state index contributed by atoms with van der Waals surface area (Å²) in [5, 5.41) is 0.690. The number of nitrogens with two attached hydrogens (primary N) is 1. The normalized spacial score (nSPS) is 13.5. The summed E-state index contributed by atoms with van der Waals surface area (Å²) in [6.07, 6.45) is 1.42. The molecule has 130 valence electrons. The van der Waals surface area contributed by atoms with Crippen molar-refractivity contribution >= 4 is 28.4 Å². The van der Waals surface area contributed by atoms with Gasteiger partial charge in [0.15, 0.2) is 0 Å². The molecule has 0 bridgehead atoms. The van der Waals surface area contributed by atoms with Crippen molar-refractivity contribution in [2.75, 3.05) is 11.4 Å². The van der Waals surface area contributed by atoms with Gasteiger partial charge in [-0.15, -0.1) is 0 Å². The van der Waals surface area contributed by atoms with Crippen LogP contribution in [0, 0.1) is 0 Å².